The van der Waals surface area contributed by atoms with Crippen molar-refractivity contribution in [3.8, 4) is 0 Å². The standard InChI is InChI=1S/C19H20NO4P/c21-19(22)16(10-15-11-20-18-9-5-4-8-17(15)18)13-25(23,24)12-14-6-2-1-3-7-14/h1-9,11,16,20H,10,12-13H2,(H,21,22)(H,23,24). The van der Waals surface area contributed by atoms with Crippen LogP contribution >= 0.6 is 7.37 Å². The van der Waals surface area contributed by atoms with Crippen molar-refractivity contribution in [2.45, 2.75) is 12.6 Å². The molecule has 25 heavy (non-hydrogen) atoms. The highest BCUT2D eigenvalue weighted by atomic mass is 31.2. The minimum absolute atomic E-state index is 0.00843. The molecule has 2 unspecified atom stereocenters. The van der Waals surface area contributed by atoms with E-state index >= 15 is 0 Å². The van der Waals surface area contributed by atoms with Gasteiger partial charge in [0, 0.05) is 29.4 Å². The molecule has 0 fully saturated rings. The molecule has 0 aliphatic heterocycles. The molecule has 2 atom stereocenters. The van der Waals surface area contributed by atoms with Crippen LogP contribution in [0.1, 0.15) is 11.1 Å². The van der Waals surface area contributed by atoms with Crippen molar-refractivity contribution >= 4 is 24.2 Å². The molecule has 1 heterocycles. The van der Waals surface area contributed by atoms with Gasteiger partial charge in [-0.25, -0.2) is 0 Å². The minimum atomic E-state index is -3.59. The van der Waals surface area contributed by atoms with Gasteiger partial charge in [0.1, 0.15) is 0 Å². The van der Waals surface area contributed by atoms with Crippen LogP contribution in [-0.2, 0) is 21.9 Å². The van der Waals surface area contributed by atoms with Crippen molar-refractivity contribution in [3.05, 3.63) is 71.9 Å². The number of aromatic nitrogens is 1. The fourth-order valence-corrected chi connectivity index (χ4v) is 4.96. The number of para-hydroxylation sites is 1. The van der Waals surface area contributed by atoms with Crippen molar-refractivity contribution in [2.24, 2.45) is 5.92 Å². The highest BCUT2D eigenvalue weighted by Gasteiger charge is 2.29. The fourth-order valence-electron chi connectivity index (χ4n) is 3.07. The maximum absolute atomic E-state index is 12.6. The first kappa shape index (κ1) is 17.5. The molecular formula is C19H20NO4P. The first-order valence-electron chi connectivity index (χ1n) is 8.07. The van der Waals surface area contributed by atoms with Crippen molar-refractivity contribution in [1.82, 2.24) is 4.98 Å². The van der Waals surface area contributed by atoms with Crippen LogP contribution in [0.4, 0.5) is 0 Å². The predicted octanol–water partition coefficient (Wildman–Crippen LogP) is 3.88. The van der Waals surface area contributed by atoms with Crippen LogP contribution in [0, 0.1) is 5.92 Å². The Bertz CT molecular complexity index is 919. The summed E-state index contributed by atoms with van der Waals surface area (Å²) in [5.74, 6) is -1.95. The molecular weight excluding hydrogens is 337 g/mol. The molecule has 0 spiro atoms. The van der Waals surface area contributed by atoms with E-state index in [1.807, 2.05) is 30.3 Å². The number of rotatable bonds is 7. The summed E-state index contributed by atoms with van der Waals surface area (Å²) in [5, 5.41) is 10.5. The molecule has 3 rings (SSSR count). The molecule has 0 radical (unpaired) electrons. The van der Waals surface area contributed by atoms with Crippen LogP contribution in [0.15, 0.2) is 60.8 Å². The zero-order valence-corrected chi connectivity index (χ0v) is 14.5. The molecule has 1 aromatic heterocycles. The maximum atomic E-state index is 12.6. The third-order valence-corrected chi connectivity index (χ3v) is 6.14. The first-order valence-corrected chi connectivity index (χ1v) is 10.1. The molecule has 0 bridgehead atoms. The monoisotopic (exact) mass is 357 g/mol. The minimum Gasteiger partial charge on any atom is -0.481 e. The summed E-state index contributed by atoms with van der Waals surface area (Å²) >= 11 is 0. The van der Waals surface area contributed by atoms with E-state index in [1.165, 1.54) is 0 Å². The van der Waals surface area contributed by atoms with E-state index in [2.05, 4.69) is 4.98 Å². The molecule has 0 aliphatic carbocycles. The summed E-state index contributed by atoms with van der Waals surface area (Å²) in [7, 11) is -3.59. The van der Waals surface area contributed by atoms with Gasteiger partial charge in [-0.05, 0) is 23.6 Å². The topological polar surface area (TPSA) is 90.4 Å². The van der Waals surface area contributed by atoms with Gasteiger partial charge in [-0.1, -0.05) is 48.5 Å². The lowest BCUT2D eigenvalue weighted by atomic mass is 10.0. The summed E-state index contributed by atoms with van der Waals surface area (Å²) < 4.78 is 12.6. The normalized spacial score (nSPS) is 14.9. The molecule has 0 saturated carbocycles. The number of carboxylic acid groups (broad SMARTS) is 1. The van der Waals surface area contributed by atoms with Crippen LogP contribution in [0.2, 0.25) is 0 Å². The van der Waals surface area contributed by atoms with E-state index in [9.17, 15) is 19.4 Å². The van der Waals surface area contributed by atoms with Gasteiger partial charge in [0.15, 0.2) is 0 Å². The van der Waals surface area contributed by atoms with Gasteiger partial charge in [0.05, 0.1) is 5.92 Å². The first-order chi connectivity index (χ1) is 11.9. The van der Waals surface area contributed by atoms with Gasteiger partial charge in [0.25, 0.3) is 0 Å². The third-order valence-electron chi connectivity index (χ3n) is 4.27. The average Bonchev–Trinajstić information content (AvgIpc) is 2.98. The van der Waals surface area contributed by atoms with Gasteiger partial charge in [-0.3, -0.25) is 9.36 Å². The average molecular weight is 357 g/mol. The van der Waals surface area contributed by atoms with Crippen LogP contribution in [0.25, 0.3) is 10.9 Å². The molecule has 3 aromatic rings. The Morgan fingerprint density at radius 3 is 2.48 bits per heavy atom. The Labute approximate surface area is 145 Å². The lowest BCUT2D eigenvalue weighted by molar-refractivity contribution is -0.140. The third kappa shape index (κ3) is 4.38. The maximum Gasteiger partial charge on any atom is 0.307 e. The second kappa shape index (κ2) is 7.26. The van der Waals surface area contributed by atoms with Gasteiger partial charge in [0.2, 0.25) is 7.37 Å². The number of carbonyl (C=O) groups is 1. The smallest absolute Gasteiger partial charge is 0.307 e. The van der Waals surface area contributed by atoms with E-state index < -0.39 is 19.3 Å². The zero-order chi connectivity index (χ0) is 17.9. The Morgan fingerprint density at radius 2 is 1.76 bits per heavy atom. The number of benzene rings is 2. The predicted molar refractivity (Wildman–Crippen MR) is 98.0 cm³/mol. The lowest BCUT2D eigenvalue weighted by Gasteiger charge is -2.17. The molecule has 0 saturated heterocycles. The largest absolute Gasteiger partial charge is 0.481 e. The zero-order valence-electron chi connectivity index (χ0n) is 13.6. The van der Waals surface area contributed by atoms with Crippen molar-refractivity contribution in [1.29, 1.82) is 0 Å². The number of H-pyrrole nitrogens is 1. The lowest BCUT2D eigenvalue weighted by Crippen LogP contribution is -2.21. The summed E-state index contributed by atoms with van der Waals surface area (Å²) in [6.45, 7) is 0. The van der Waals surface area contributed by atoms with E-state index in [4.69, 9.17) is 0 Å². The SMILES string of the molecule is O=C(O)C(Cc1c[nH]c2ccccc12)CP(=O)(O)Cc1ccccc1. The molecule has 5 nitrogen and oxygen atoms in total. The van der Waals surface area contributed by atoms with Crippen LogP contribution in [0.3, 0.4) is 0 Å². The molecule has 0 aliphatic rings. The molecule has 2 aromatic carbocycles. The molecule has 6 heteroatoms. The fraction of sp³-hybridized carbons (Fsp3) is 0.211. The number of carboxylic acids is 1. The number of hydrogen-bond acceptors (Lipinski definition) is 2. The Balaban J connectivity index is 1.77. The van der Waals surface area contributed by atoms with Gasteiger partial charge >= 0.3 is 5.97 Å². The van der Waals surface area contributed by atoms with Crippen LogP contribution in [-0.4, -0.2) is 27.1 Å². The number of aliphatic carboxylic acids is 1. The van der Waals surface area contributed by atoms with Gasteiger partial charge < -0.3 is 15.0 Å². The van der Waals surface area contributed by atoms with Crippen LogP contribution in [0.5, 0.6) is 0 Å². The highest BCUT2D eigenvalue weighted by molar-refractivity contribution is 7.57. The van der Waals surface area contributed by atoms with Gasteiger partial charge in [-0.2, -0.15) is 0 Å². The van der Waals surface area contributed by atoms with E-state index in [1.54, 1.807) is 30.5 Å². The quantitative estimate of drug-likeness (QED) is 0.560. The number of hydrogen-bond donors (Lipinski definition) is 3. The highest BCUT2D eigenvalue weighted by Crippen LogP contribution is 2.46. The Kier molecular flexibility index (Phi) is 5.07. The van der Waals surface area contributed by atoms with E-state index in [0.29, 0.717) is 0 Å². The van der Waals surface area contributed by atoms with Crippen molar-refractivity contribution in [2.75, 3.05) is 6.16 Å². The molecule has 0 amide bonds. The Morgan fingerprint density at radius 1 is 1.08 bits per heavy atom. The van der Waals surface area contributed by atoms with Gasteiger partial charge in [-0.15, -0.1) is 0 Å². The van der Waals surface area contributed by atoms with Crippen molar-refractivity contribution < 1.29 is 19.4 Å². The number of fused-ring (bicyclic) bond motifs is 1. The molecule has 3 N–H and O–H groups in total. The molecule has 130 valence electrons. The summed E-state index contributed by atoms with van der Waals surface area (Å²) in [6.07, 6.45) is 1.75. The summed E-state index contributed by atoms with van der Waals surface area (Å²) in [6, 6.07) is 16.6. The number of aromatic amines is 1. The van der Waals surface area contributed by atoms with Crippen LogP contribution < -0.4 is 0 Å². The summed E-state index contributed by atoms with van der Waals surface area (Å²) in [4.78, 5) is 25.1. The second-order valence-electron chi connectivity index (χ2n) is 6.27. The Hall–Kier alpha value is -2.36. The van der Waals surface area contributed by atoms with E-state index in [0.717, 1.165) is 22.0 Å². The second-order valence-corrected chi connectivity index (χ2v) is 8.65. The van der Waals surface area contributed by atoms with E-state index in [-0.39, 0.29) is 18.7 Å². The summed E-state index contributed by atoms with van der Waals surface area (Å²) in [5.41, 5.74) is 2.52. The number of nitrogens with one attached hydrogen (secondary N) is 1. The van der Waals surface area contributed by atoms with Crippen molar-refractivity contribution in [3.63, 3.8) is 0 Å².